The first-order chi connectivity index (χ1) is 13.0. The van der Waals surface area contributed by atoms with Crippen LogP contribution in [-0.4, -0.2) is 46.0 Å². The number of aromatic nitrogens is 2. The third kappa shape index (κ3) is 3.25. The van der Waals surface area contributed by atoms with Gasteiger partial charge in [0.2, 0.25) is 5.71 Å². The number of hydrogen-bond acceptors (Lipinski definition) is 5. The van der Waals surface area contributed by atoms with Crippen LogP contribution in [0.1, 0.15) is 23.0 Å². The number of H-pyrrole nitrogens is 1. The fraction of sp³-hybridized carbons (Fsp3) is 0.316. The molecule has 3 heterocycles. The van der Waals surface area contributed by atoms with Crippen molar-refractivity contribution in [3.63, 3.8) is 0 Å². The predicted molar refractivity (Wildman–Crippen MR) is 108 cm³/mol. The van der Waals surface area contributed by atoms with Crippen molar-refractivity contribution in [1.29, 1.82) is 0 Å². The van der Waals surface area contributed by atoms with E-state index in [4.69, 9.17) is 4.42 Å². The van der Waals surface area contributed by atoms with Crippen LogP contribution in [0.5, 0.6) is 0 Å². The van der Waals surface area contributed by atoms with E-state index in [2.05, 4.69) is 10.3 Å². The summed E-state index contributed by atoms with van der Waals surface area (Å²) in [4.78, 5) is 43.0. The summed E-state index contributed by atoms with van der Waals surface area (Å²) in [6.07, 6.45) is 0. The molecule has 28 heavy (non-hydrogen) atoms. The van der Waals surface area contributed by atoms with Gasteiger partial charge in [-0.2, -0.15) is 0 Å². The van der Waals surface area contributed by atoms with E-state index < -0.39 is 11.2 Å². The first kappa shape index (κ1) is 19.9. The molecule has 0 radical (unpaired) electrons. The lowest BCUT2D eigenvalue weighted by Crippen LogP contribution is -2.51. The minimum absolute atomic E-state index is 0. The molecule has 1 aliphatic heterocycles. The number of carbonyl (C=O) groups is 1. The Bertz CT molecular complexity index is 1130. The lowest BCUT2D eigenvalue weighted by atomic mass is 10.1. The molecule has 0 aliphatic carbocycles. The lowest BCUT2D eigenvalue weighted by molar-refractivity contribution is 0.0709. The normalized spacial score (nSPS) is 16.8. The van der Waals surface area contributed by atoms with E-state index in [1.807, 2.05) is 6.92 Å². The van der Waals surface area contributed by atoms with Crippen molar-refractivity contribution in [2.75, 3.05) is 19.6 Å². The maximum Gasteiger partial charge on any atom is 0.335 e. The topological polar surface area (TPSA) is 100 Å². The number of carbonyl (C=O) groups excluding carboxylic acids is 1. The predicted octanol–water partition coefficient (Wildman–Crippen LogP) is 1.44. The van der Waals surface area contributed by atoms with Crippen LogP contribution in [0.25, 0.3) is 16.8 Å². The molecule has 3 aromatic rings. The number of aromatic amines is 1. The summed E-state index contributed by atoms with van der Waals surface area (Å²) in [5.74, 6) is 0.0584. The van der Waals surface area contributed by atoms with E-state index >= 15 is 0 Å². The number of aryl methyl sites for hydroxylation is 1. The van der Waals surface area contributed by atoms with E-state index in [0.717, 1.165) is 4.57 Å². The average molecular weight is 405 g/mol. The molecule has 9 heteroatoms. The molecule has 0 unspecified atom stereocenters. The molecule has 2 aromatic heterocycles. The Hall–Kier alpha value is -2.84. The Labute approximate surface area is 166 Å². The molecule has 1 amide bonds. The van der Waals surface area contributed by atoms with Gasteiger partial charge in [-0.25, -0.2) is 9.36 Å². The van der Waals surface area contributed by atoms with E-state index in [9.17, 15) is 14.4 Å². The van der Waals surface area contributed by atoms with Crippen LogP contribution in [0.15, 0.2) is 44.3 Å². The number of para-hydroxylation sites is 1. The van der Waals surface area contributed by atoms with Gasteiger partial charge in [-0.15, -0.1) is 12.4 Å². The smallest absolute Gasteiger partial charge is 0.335 e. The summed E-state index contributed by atoms with van der Waals surface area (Å²) in [5.41, 5.74) is -0.504. The highest BCUT2D eigenvalue weighted by molar-refractivity contribution is 6.06. The highest BCUT2D eigenvalue weighted by Gasteiger charge is 2.29. The van der Waals surface area contributed by atoms with Gasteiger partial charge in [0.1, 0.15) is 11.1 Å². The first-order valence-electron chi connectivity index (χ1n) is 8.84. The van der Waals surface area contributed by atoms with Crippen LogP contribution in [0.2, 0.25) is 0 Å². The highest BCUT2D eigenvalue weighted by Crippen LogP contribution is 2.23. The van der Waals surface area contributed by atoms with Gasteiger partial charge in [-0.3, -0.25) is 14.6 Å². The van der Waals surface area contributed by atoms with Gasteiger partial charge in [0, 0.05) is 25.7 Å². The molecular formula is C19H21ClN4O4. The molecule has 0 spiro atoms. The fourth-order valence-electron chi connectivity index (χ4n) is 3.54. The van der Waals surface area contributed by atoms with Crippen molar-refractivity contribution in [3.8, 4) is 5.69 Å². The Morgan fingerprint density at radius 3 is 2.61 bits per heavy atom. The third-order valence-corrected chi connectivity index (χ3v) is 4.81. The van der Waals surface area contributed by atoms with Gasteiger partial charge in [0.15, 0.2) is 0 Å². The number of nitrogens with one attached hydrogen (secondary N) is 2. The SMILES string of the molecule is Cc1oc2[nH]c(=O)n(-c3ccccc3)c(=O)c2c1C(=O)N1CCN[C@H](C)C1.Cl. The standard InChI is InChI=1S/C19H20N4O4.ClH/c1-11-10-22(9-8-20-11)17(24)14-12(2)27-16-15(14)18(25)23(19(26)21-16)13-6-4-3-5-7-13;/h3-7,11,20H,8-10H2,1-2H3,(H,21,26);1H/t11-;/m1./s1. The van der Waals surface area contributed by atoms with Crippen LogP contribution >= 0.6 is 12.4 Å². The molecule has 1 fully saturated rings. The lowest BCUT2D eigenvalue weighted by Gasteiger charge is -2.31. The van der Waals surface area contributed by atoms with Crippen molar-refractivity contribution in [1.82, 2.24) is 19.8 Å². The second kappa shape index (κ2) is 7.65. The molecule has 1 saturated heterocycles. The summed E-state index contributed by atoms with van der Waals surface area (Å²) in [6, 6.07) is 8.76. The van der Waals surface area contributed by atoms with Crippen molar-refractivity contribution < 1.29 is 9.21 Å². The van der Waals surface area contributed by atoms with Crippen LogP contribution in [0.4, 0.5) is 0 Å². The number of benzene rings is 1. The Morgan fingerprint density at radius 2 is 1.93 bits per heavy atom. The summed E-state index contributed by atoms with van der Waals surface area (Å²) in [6.45, 7) is 5.41. The third-order valence-electron chi connectivity index (χ3n) is 4.81. The molecule has 148 valence electrons. The van der Waals surface area contributed by atoms with Crippen molar-refractivity contribution >= 4 is 29.4 Å². The molecule has 0 bridgehead atoms. The van der Waals surface area contributed by atoms with Gasteiger partial charge < -0.3 is 14.6 Å². The maximum atomic E-state index is 13.1. The zero-order valence-electron chi connectivity index (χ0n) is 15.5. The maximum absolute atomic E-state index is 13.1. The van der Waals surface area contributed by atoms with Crippen LogP contribution in [0, 0.1) is 6.92 Å². The summed E-state index contributed by atoms with van der Waals surface area (Å²) < 4.78 is 6.58. The monoisotopic (exact) mass is 404 g/mol. The molecule has 4 rings (SSSR count). The molecular weight excluding hydrogens is 384 g/mol. The Balaban J connectivity index is 0.00000225. The van der Waals surface area contributed by atoms with E-state index in [1.165, 1.54) is 0 Å². The number of piperazine rings is 1. The van der Waals surface area contributed by atoms with Crippen LogP contribution < -0.4 is 16.6 Å². The quantitative estimate of drug-likeness (QED) is 0.673. The van der Waals surface area contributed by atoms with Crippen molar-refractivity contribution in [2.24, 2.45) is 0 Å². The van der Waals surface area contributed by atoms with Gasteiger partial charge >= 0.3 is 5.69 Å². The van der Waals surface area contributed by atoms with Gasteiger partial charge in [0.25, 0.3) is 11.5 Å². The molecule has 1 aromatic carbocycles. The molecule has 1 aliphatic rings. The second-order valence-electron chi connectivity index (χ2n) is 6.75. The Morgan fingerprint density at radius 1 is 1.21 bits per heavy atom. The summed E-state index contributed by atoms with van der Waals surface area (Å²) in [7, 11) is 0. The van der Waals surface area contributed by atoms with Crippen molar-refractivity contribution in [2.45, 2.75) is 19.9 Å². The molecule has 2 N–H and O–H groups in total. The average Bonchev–Trinajstić information content (AvgIpc) is 2.98. The largest absolute Gasteiger partial charge is 0.444 e. The number of furan rings is 1. The number of rotatable bonds is 2. The van der Waals surface area contributed by atoms with Crippen molar-refractivity contribution in [3.05, 3.63) is 62.5 Å². The van der Waals surface area contributed by atoms with Gasteiger partial charge in [-0.05, 0) is 26.0 Å². The number of nitrogens with zero attached hydrogens (tertiary/aromatic N) is 2. The number of hydrogen-bond donors (Lipinski definition) is 2. The fourth-order valence-corrected chi connectivity index (χ4v) is 3.54. The zero-order chi connectivity index (χ0) is 19.1. The number of halogens is 1. The minimum Gasteiger partial charge on any atom is -0.444 e. The highest BCUT2D eigenvalue weighted by atomic mass is 35.5. The summed E-state index contributed by atoms with van der Waals surface area (Å²) >= 11 is 0. The molecule has 0 saturated carbocycles. The Kier molecular flexibility index (Phi) is 5.44. The second-order valence-corrected chi connectivity index (χ2v) is 6.75. The van der Waals surface area contributed by atoms with Crippen LogP contribution in [-0.2, 0) is 0 Å². The minimum atomic E-state index is -0.609. The van der Waals surface area contributed by atoms with E-state index in [1.54, 1.807) is 42.2 Å². The van der Waals surface area contributed by atoms with E-state index in [0.29, 0.717) is 31.1 Å². The molecule has 8 nitrogen and oxygen atoms in total. The van der Waals surface area contributed by atoms with E-state index in [-0.39, 0.29) is 41.0 Å². The summed E-state index contributed by atoms with van der Waals surface area (Å²) in [5, 5.41) is 3.39. The zero-order valence-corrected chi connectivity index (χ0v) is 16.3. The number of fused-ring (bicyclic) bond motifs is 1. The molecule has 1 atom stereocenters. The first-order valence-corrected chi connectivity index (χ1v) is 8.84. The number of amides is 1. The van der Waals surface area contributed by atoms with Gasteiger partial charge in [-0.1, -0.05) is 18.2 Å². The van der Waals surface area contributed by atoms with Gasteiger partial charge in [0.05, 0.1) is 11.3 Å². The van der Waals surface area contributed by atoms with Crippen LogP contribution in [0.3, 0.4) is 0 Å².